The first kappa shape index (κ1) is 19.7. The first-order valence-electron chi connectivity index (χ1n) is 8.85. The van der Waals surface area contributed by atoms with Gasteiger partial charge in [0.25, 0.3) is 11.8 Å². The molecule has 0 atom stereocenters. The molecule has 0 aliphatic rings. The highest BCUT2D eigenvalue weighted by Crippen LogP contribution is 2.12. The molecule has 0 unspecified atom stereocenters. The average Bonchev–Trinajstić information content (AvgIpc) is 2.75. The van der Waals surface area contributed by atoms with Gasteiger partial charge in [0.1, 0.15) is 5.82 Å². The van der Waals surface area contributed by atoms with Gasteiger partial charge in [-0.15, -0.1) is 0 Å². The first-order chi connectivity index (χ1) is 14.1. The van der Waals surface area contributed by atoms with Crippen LogP contribution in [0.1, 0.15) is 31.8 Å². The van der Waals surface area contributed by atoms with E-state index in [9.17, 15) is 14.0 Å². The molecule has 0 saturated heterocycles. The van der Waals surface area contributed by atoms with Crippen LogP contribution in [-0.2, 0) is 6.42 Å². The minimum atomic E-state index is -0.428. The second-order valence-electron chi connectivity index (χ2n) is 6.20. The number of halogens is 1. The highest BCUT2D eigenvalue weighted by molar-refractivity contribution is 6.05. The van der Waals surface area contributed by atoms with E-state index in [0.717, 1.165) is 0 Å². The average molecular weight is 388 g/mol. The van der Waals surface area contributed by atoms with Crippen LogP contribution in [0.15, 0.2) is 67.0 Å². The zero-order valence-electron chi connectivity index (χ0n) is 15.4. The third kappa shape index (κ3) is 5.23. The third-order valence-electron chi connectivity index (χ3n) is 4.17. The normalized spacial score (nSPS) is 10.1. The molecule has 29 heavy (non-hydrogen) atoms. The van der Waals surface area contributed by atoms with Crippen molar-refractivity contribution in [3.8, 4) is 6.07 Å². The number of rotatable bonds is 6. The number of hydrogen-bond acceptors (Lipinski definition) is 4. The van der Waals surface area contributed by atoms with Gasteiger partial charge in [0, 0.05) is 24.6 Å². The lowest BCUT2D eigenvalue weighted by Crippen LogP contribution is -2.26. The van der Waals surface area contributed by atoms with E-state index in [1.165, 1.54) is 24.5 Å². The minimum Gasteiger partial charge on any atom is -0.352 e. The summed E-state index contributed by atoms with van der Waals surface area (Å²) in [7, 11) is 0. The molecular weight excluding hydrogens is 371 g/mol. The molecule has 0 aliphatic carbocycles. The zero-order valence-corrected chi connectivity index (χ0v) is 15.4. The summed E-state index contributed by atoms with van der Waals surface area (Å²) in [6.07, 6.45) is 3.07. The van der Waals surface area contributed by atoms with Crippen LogP contribution in [0.3, 0.4) is 0 Å². The van der Waals surface area contributed by atoms with Crippen LogP contribution in [0.5, 0.6) is 0 Å². The molecule has 0 aliphatic heterocycles. The van der Waals surface area contributed by atoms with Gasteiger partial charge in [0.05, 0.1) is 22.8 Å². The Bertz CT molecular complexity index is 1070. The highest BCUT2D eigenvalue weighted by atomic mass is 19.1. The van der Waals surface area contributed by atoms with Crippen LogP contribution in [0, 0.1) is 17.1 Å². The number of pyridine rings is 1. The Balaban J connectivity index is 1.60. The number of aromatic nitrogens is 1. The Morgan fingerprint density at radius 3 is 2.38 bits per heavy atom. The number of nitriles is 1. The van der Waals surface area contributed by atoms with E-state index in [1.807, 2.05) is 6.07 Å². The molecule has 3 rings (SSSR count). The summed E-state index contributed by atoms with van der Waals surface area (Å²) in [6.45, 7) is 0.251. The Morgan fingerprint density at radius 2 is 1.69 bits per heavy atom. The molecule has 2 amide bonds. The summed E-state index contributed by atoms with van der Waals surface area (Å²) < 4.78 is 13.6. The maximum atomic E-state index is 13.6. The van der Waals surface area contributed by atoms with Crippen molar-refractivity contribution in [2.45, 2.75) is 6.42 Å². The Morgan fingerprint density at radius 1 is 1.00 bits per heavy atom. The monoisotopic (exact) mass is 388 g/mol. The van der Waals surface area contributed by atoms with Crippen LogP contribution in [0.2, 0.25) is 0 Å². The first-order valence-corrected chi connectivity index (χ1v) is 8.85. The van der Waals surface area contributed by atoms with Gasteiger partial charge in [0.15, 0.2) is 0 Å². The second-order valence-corrected chi connectivity index (χ2v) is 6.20. The summed E-state index contributed by atoms with van der Waals surface area (Å²) in [5.41, 5.74) is 1.97. The molecule has 3 aromatic rings. The number of hydrogen-bond donors (Lipinski definition) is 2. The van der Waals surface area contributed by atoms with Crippen LogP contribution < -0.4 is 10.6 Å². The lowest BCUT2D eigenvalue weighted by atomic mass is 10.1. The lowest BCUT2D eigenvalue weighted by Gasteiger charge is -2.08. The van der Waals surface area contributed by atoms with Gasteiger partial charge in [-0.05, 0) is 48.4 Å². The molecule has 0 fully saturated rings. The predicted octanol–water partition coefficient (Wildman–Crippen LogP) is 3.32. The van der Waals surface area contributed by atoms with Crippen molar-refractivity contribution in [1.82, 2.24) is 10.3 Å². The van der Waals surface area contributed by atoms with Crippen molar-refractivity contribution in [2.24, 2.45) is 0 Å². The zero-order chi connectivity index (χ0) is 20.6. The summed E-state index contributed by atoms with van der Waals surface area (Å²) in [4.78, 5) is 28.7. The van der Waals surface area contributed by atoms with Gasteiger partial charge in [-0.1, -0.05) is 18.2 Å². The minimum absolute atomic E-state index is 0.219. The molecule has 7 heteroatoms. The molecule has 0 spiro atoms. The number of nitrogens with one attached hydrogen (secondary N) is 2. The molecule has 2 N–H and O–H groups in total. The van der Waals surface area contributed by atoms with E-state index in [-0.39, 0.29) is 23.5 Å². The maximum absolute atomic E-state index is 13.6. The number of carbonyl (C=O) groups excluding carboxylic acids is 2. The maximum Gasteiger partial charge on any atom is 0.257 e. The standard InChI is InChI=1S/C22H17FN4O2/c23-20-4-2-1-3-16(20)9-10-26-21(28)17-11-18(14-25-13-17)22(29)27-19-7-5-15(12-24)6-8-19/h1-8,11,13-14H,9-10H2,(H,26,28)(H,27,29). The van der Waals surface area contributed by atoms with Crippen molar-refractivity contribution in [2.75, 3.05) is 11.9 Å². The summed E-state index contributed by atoms with van der Waals surface area (Å²) in [5, 5.41) is 14.2. The second kappa shape index (κ2) is 9.24. The lowest BCUT2D eigenvalue weighted by molar-refractivity contribution is 0.0953. The molecule has 0 saturated carbocycles. The number of nitrogens with zero attached hydrogens (tertiary/aromatic N) is 2. The van der Waals surface area contributed by atoms with E-state index in [2.05, 4.69) is 15.6 Å². The van der Waals surface area contributed by atoms with Crippen LogP contribution in [0.25, 0.3) is 0 Å². The van der Waals surface area contributed by atoms with E-state index in [1.54, 1.807) is 42.5 Å². The Kier molecular flexibility index (Phi) is 6.28. The predicted molar refractivity (Wildman–Crippen MR) is 106 cm³/mol. The fourth-order valence-electron chi connectivity index (χ4n) is 2.63. The largest absolute Gasteiger partial charge is 0.352 e. The summed E-state index contributed by atoms with van der Waals surface area (Å²) >= 11 is 0. The topological polar surface area (TPSA) is 94.9 Å². The van der Waals surface area contributed by atoms with E-state index < -0.39 is 11.8 Å². The molecule has 1 aromatic heterocycles. The van der Waals surface area contributed by atoms with Crippen molar-refractivity contribution >= 4 is 17.5 Å². The van der Waals surface area contributed by atoms with Crippen LogP contribution in [-0.4, -0.2) is 23.3 Å². The van der Waals surface area contributed by atoms with Gasteiger partial charge in [-0.2, -0.15) is 5.26 Å². The fraction of sp³-hybridized carbons (Fsp3) is 0.0909. The smallest absolute Gasteiger partial charge is 0.257 e. The molecule has 6 nitrogen and oxygen atoms in total. The van der Waals surface area contributed by atoms with Gasteiger partial charge in [-0.3, -0.25) is 14.6 Å². The van der Waals surface area contributed by atoms with Crippen LogP contribution in [0.4, 0.5) is 10.1 Å². The molecule has 144 valence electrons. The molecule has 0 bridgehead atoms. The van der Waals surface area contributed by atoms with E-state index >= 15 is 0 Å². The van der Waals surface area contributed by atoms with E-state index in [4.69, 9.17) is 5.26 Å². The molecule has 0 radical (unpaired) electrons. The van der Waals surface area contributed by atoms with Crippen molar-refractivity contribution in [3.63, 3.8) is 0 Å². The number of benzene rings is 2. The Labute approximate surface area is 167 Å². The molecule has 1 heterocycles. The van der Waals surface area contributed by atoms with Gasteiger partial charge < -0.3 is 10.6 Å². The van der Waals surface area contributed by atoms with Gasteiger partial charge in [-0.25, -0.2) is 4.39 Å². The van der Waals surface area contributed by atoms with Crippen molar-refractivity contribution in [1.29, 1.82) is 5.26 Å². The van der Waals surface area contributed by atoms with Gasteiger partial charge >= 0.3 is 0 Å². The van der Waals surface area contributed by atoms with E-state index in [0.29, 0.717) is 23.2 Å². The highest BCUT2D eigenvalue weighted by Gasteiger charge is 2.12. The van der Waals surface area contributed by atoms with Crippen LogP contribution >= 0.6 is 0 Å². The molecule has 2 aromatic carbocycles. The fourth-order valence-corrected chi connectivity index (χ4v) is 2.63. The number of carbonyl (C=O) groups is 2. The molecular formula is C22H17FN4O2. The third-order valence-corrected chi connectivity index (χ3v) is 4.17. The van der Waals surface area contributed by atoms with Crippen molar-refractivity contribution in [3.05, 3.63) is 95.1 Å². The van der Waals surface area contributed by atoms with Gasteiger partial charge in [0.2, 0.25) is 0 Å². The number of anilines is 1. The Hall–Kier alpha value is -4.05. The summed E-state index contributed by atoms with van der Waals surface area (Å²) in [5.74, 6) is -1.14. The quantitative estimate of drug-likeness (QED) is 0.677. The van der Waals surface area contributed by atoms with Crippen molar-refractivity contribution < 1.29 is 14.0 Å². The summed E-state index contributed by atoms with van der Waals surface area (Å²) in [6, 6.07) is 16.2. The number of amides is 2. The SMILES string of the molecule is N#Cc1ccc(NC(=O)c2cncc(C(=O)NCCc3ccccc3F)c2)cc1.